The van der Waals surface area contributed by atoms with Gasteiger partial charge in [0.05, 0.1) is 19.1 Å². The third kappa shape index (κ3) is 4.45. The van der Waals surface area contributed by atoms with E-state index in [1.54, 1.807) is 6.92 Å². The van der Waals surface area contributed by atoms with Gasteiger partial charge in [0, 0.05) is 26.2 Å². The van der Waals surface area contributed by atoms with Crippen molar-refractivity contribution in [1.29, 1.82) is 0 Å². The average molecular weight is 269 g/mol. The summed E-state index contributed by atoms with van der Waals surface area (Å²) in [6.07, 6.45) is 0. The first-order valence-electron chi connectivity index (χ1n) is 5.39. The Bertz CT molecular complexity index is 231. The second-order valence-electron chi connectivity index (χ2n) is 4.04. The van der Waals surface area contributed by atoms with E-state index in [0.717, 1.165) is 32.8 Å². The van der Waals surface area contributed by atoms with Gasteiger partial charge in [0.25, 0.3) is 0 Å². The first kappa shape index (κ1) is 14.0. The van der Waals surface area contributed by atoms with Crippen LogP contribution in [0.25, 0.3) is 0 Å². The lowest BCUT2D eigenvalue weighted by Crippen LogP contribution is -2.46. The molecule has 1 rings (SSSR count). The highest BCUT2D eigenvalue weighted by Gasteiger charge is 2.29. The highest BCUT2D eigenvalue weighted by molar-refractivity contribution is 6.39. The zero-order chi connectivity index (χ0) is 12.0. The van der Waals surface area contributed by atoms with Gasteiger partial charge in [-0.2, -0.15) is 0 Å². The fourth-order valence-corrected chi connectivity index (χ4v) is 1.59. The number of nitrogens with one attached hydrogen (secondary N) is 1. The number of carbonyl (C=O) groups is 1. The predicted octanol–water partition coefficient (Wildman–Crippen LogP) is 0.671. The Labute approximate surface area is 106 Å². The summed E-state index contributed by atoms with van der Waals surface area (Å²) in [5.41, 5.74) is 0. The smallest absolute Gasteiger partial charge is 0.242 e. The maximum absolute atomic E-state index is 11.6. The van der Waals surface area contributed by atoms with E-state index in [9.17, 15) is 4.79 Å². The van der Waals surface area contributed by atoms with Crippen LogP contribution in [0.3, 0.4) is 0 Å². The summed E-state index contributed by atoms with van der Waals surface area (Å²) in [6.45, 7) is 6.41. The fraction of sp³-hybridized carbons (Fsp3) is 0.900. The molecule has 1 atom stereocenters. The largest absolute Gasteiger partial charge is 0.379 e. The normalized spacial score (nSPS) is 21.4. The van der Waals surface area contributed by atoms with E-state index >= 15 is 0 Å². The third-order valence-electron chi connectivity index (χ3n) is 2.54. The van der Waals surface area contributed by atoms with Gasteiger partial charge in [-0.05, 0) is 6.92 Å². The number of rotatable bonds is 5. The number of ether oxygens (including phenoxy) is 1. The molecule has 0 aliphatic carbocycles. The van der Waals surface area contributed by atoms with Gasteiger partial charge in [-0.3, -0.25) is 9.69 Å². The number of hydrogen-bond acceptors (Lipinski definition) is 3. The summed E-state index contributed by atoms with van der Waals surface area (Å²) in [5.74, 6) is -0.102. The van der Waals surface area contributed by atoms with Crippen LogP contribution in [0.2, 0.25) is 0 Å². The van der Waals surface area contributed by atoms with Gasteiger partial charge >= 0.3 is 0 Å². The van der Waals surface area contributed by atoms with Crippen LogP contribution in [-0.2, 0) is 9.53 Å². The Morgan fingerprint density at radius 2 is 2.12 bits per heavy atom. The Kier molecular flexibility index (Phi) is 5.83. The van der Waals surface area contributed by atoms with Crippen LogP contribution in [0.1, 0.15) is 6.92 Å². The molecular formula is C10H18Cl2N2O2. The Balaban J connectivity index is 2.17. The van der Waals surface area contributed by atoms with Crippen molar-refractivity contribution in [2.24, 2.45) is 0 Å². The summed E-state index contributed by atoms with van der Waals surface area (Å²) in [5, 5.41) is 2.78. The van der Waals surface area contributed by atoms with E-state index in [1.807, 2.05) is 0 Å². The molecule has 0 spiro atoms. The molecule has 1 N–H and O–H groups in total. The molecule has 0 bridgehead atoms. The second-order valence-corrected chi connectivity index (χ2v) is 5.14. The van der Waals surface area contributed by atoms with Crippen molar-refractivity contribution < 1.29 is 9.53 Å². The Hall–Kier alpha value is -0.0300. The van der Waals surface area contributed by atoms with E-state index in [1.165, 1.54) is 0 Å². The Morgan fingerprint density at radius 3 is 2.69 bits per heavy atom. The summed E-state index contributed by atoms with van der Waals surface area (Å²) in [4.78, 5) is 12.8. The van der Waals surface area contributed by atoms with E-state index in [-0.39, 0.29) is 11.8 Å². The van der Waals surface area contributed by atoms with Gasteiger partial charge in [-0.15, -0.1) is 23.2 Å². The molecule has 1 aliphatic rings. The zero-order valence-corrected chi connectivity index (χ0v) is 11.0. The molecule has 1 heterocycles. The van der Waals surface area contributed by atoms with Gasteiger partial charge < -0.3 is 10.1 Å². The fourth-order valence-electron chi connectivity index (χ4n) is 1.40. The molecule has 0 saturated carbocycles. The molecular weight excluding hydrogens is 251 g/mol. The number of nitrogens with zero attached hydrogens (tertiary/aromatic N) is 1. The number of amides is 1. The zero-order valence-electron chi connectivity index (χ0n) is 9.47. The number of alkyl halides is 2. The van der Waals surface area contributed by atoms with Crippen LogP contribution < -0.4 is 5.32 Å². The standard InChI is InChI=1S/C10H18Cl2N2O2/c1-10(12,8-11)9(15)13-2-3-14-4-6-16-7-5-14/h2-8H2,1H3,(H,13,15). The number of halogens is 2. The van der Waals surface area contributed by atoms with Crippen molar-refractivity contribution in [1.82, 2.24) is 10.2 Å². The maximum atomic E-state index is 11.6. The molecule has 1 saturated heterocycles. The molecule has 1 aliphatic heterocycles. The van der Waals surface area contributed by atoms with Crippen LogP contribution >= 0.6 is 23.2 Å². The molecule has 0 aromatic carbocycles. The van der Waals surface area contributed by atoms with Crippen molar-refractivity contribution in [3.8, 4) is 0 Å². The lowest BCUT2D eigenvalue weighted by molar-refractivity contribution is -0.122. The quantitative estimate of drug-likeness (QED) is 0.746. The predicted molar refractivity (Wildman–Crippen MR) is 65.2 cm³/mol. The highest BCUT2D eigenvalue weighted by atomic mass is 35.5. The van der Waals surface area contributed by atoms with E-state index < -0.39 is 4.87 Å². The summed E-state index contributed by atoms with van der Waals surface area (Å²) < 4.78 is 5.23. The van der Waals surface area contributed by atoms with Crippen molar-refractivity contribution in [3.63, 3.8) is 0 Å². The summed E-state index contributed by atoms with van der Waals surface area (Å²) in [7, 11) is 0. The van der Waals surface area contributed by atoms with Gasteiger partial charge in [0.1, 0.15) is 4.87 Å². The molecule has 0 radical (unpaired) electrons. The minimum Gasteiger partial charge on any atom is -0.379 e. The average Bonchev–Trinajstić information content (AvgIpc) is 2.30. The minimum absolute atomic E-state index is 0.109. The first-order chi connectivity index (χ1) is 7.56. The van der Waals surface area contributed by atoms with E-state index in [4.69, 9.17) is 27.9 Å². The van der Waals surface area contributed by atoms with Crippen molar-refractivity contribution >= 4 is 29.1 Å². The molecule has 94 valence electrons. The molecule has 1 amide bonds. The van der Waals surface area contributed by atoms with Crippen LogP contribution in [-0.4, -0.2) is 61.0 Å². The van der Waals surface area contributed by atoms with Gasteiger partial charge in [-0.25, -0.2) is 0 Å². The molecule has 1 unspecified atom stereocenters. The van der Waals surface area contributed by atoms with Gasteiger partial charge in [0.15, 0.2) is 0 Å². The molecule has 1 fully saturated rings. The van der Waals surface area contributed by atoms with Crippen LogP contribution in [0.5, 0.6) is 0 Å². The van der Waals surface area contributed by atoms with Gasteiger partial charge in [0.2, 0.25) is 5.91 Å². The monoisotopic (exact) mass is 268 g/mol. The van der Waals surface area contributed by atoms with Crippen LogP contribution in [0.15, 0.2) is 0 Å². The lowest BCUT2D eigenvalue weighted by Gasteiger charge is -2.27. The summed E-state index contributed by atoms with van der Waals surface area (Å²) in [6, 6.07) is 0. The molecule has 0 aromatic rings. The lowest BCUT2D eigenvalue weighted by atomic mass is 10.2. The van der Waals surface area contributed by atoms with Crippen molar-refractivity contribution in [2.75, 3.05) is 45.3 Å². The number of hydrogen-bond donors (Lipinski definition) is 1. The van der Waals surface area contributed by atoms with Crippen LogP contribution in [0.4, 0.5) is 0 Å². The highest BCUT2D eigenvalue weighted by Crippen LogP contribution is 2.15. The summed E-state index contributed by atoms with van der Waals surface area (Å²) >= 11 is 11.5. The van der Waals surface area contributed by atoms with E-state index in [0.29, 0.717) is 6.54 Å². The minimum atomic E-state index is -1.01. The maximum Gasteiger partial charge on any atom is 0.242 e. The van der Waals surface area contributed by atoms with Crippen molar-refractivity contribution in [2.45, 2.75) is 11.8 Å². The van der Waals surface area contributed by atoms with Crippen LogP contribution in [0, 0.1) is 0 Å². The first-order valence-corrected chi connectivity index (χ1v) is 6.31. The molecule has 4 nitrogen and oxygen atoms in total. The SMILES string of the molecule is CC(Cl)(CCl)C(=O)NCCN1CCOCC1. The van der Waals surface area contributed by atoms with Crippen molar-refractivity contribution in [3.05, 3.63) is 0 Å². The second kappa shape index (κ2) is 6.64. The van der Waals surface area contributed by atoms with E-state index in [2.05, 4.69) is 10.2 Å². The molecule has 6 heteroatoms. The molecule has 0 aromatic heterocycles. The Morgan fingerprint density at radius 1 is 1.50 bits per heavy atom. The number of morpholine rings is 1. The van der Waals surface area contributed by atoms with Gasteiger partial charge in [-0.1, -0.05) is 0 Å². The third-order valence-corrected chi connectivity index (χ3v) is 3.52. The number of carbonyl (C=O) groups excluding carboxylic acids is 1. The molecule has 16 heavy (non-hydrogen) atoms. The topological polar surface area (TPSA) is 41.6 Å².